The molecule has 6 rings (SSSR count). The predicted molar refractivity (Wildman–Crippen MR) is 197 cm³/mol. The first-order chi connectivity index (χ1) is 18.7. The average Bonchev–Trinajstić information content (AvgIpc) is 3.33. The maximum Gasteiger partial charge on any atom is 0.141 e. The van der Waals surface area contributed by atoms with Crippen LogP contribution in [0.3, 0.4) is 0 Å². The standard InChI is InChI=1S/C30H27B7BrN/c31-21-19-20-22(32)28(38)25(35)27(37)30(20)39(29(19)26(36)24(34)23(21)33)18-12-11-16(14-7-3-1-4-8-14)13-17(18)15-9-5-2-6-10-15/h1-13H,31-37H2. The molecule has 180 valence electrons. The molecule has 39 heavy (non-hydrogen) atoms. The van der Waals surface area contributed by atoms with Crippen molar-refractivity contribution < 1.29 is 0 Å². The summed E-state index contributed by atoms with van der Waals surface area (Å²) < 4.78 is 3.78. The van der Waals surface area contributed by atoms with Crippen molar-refractivity contribution in [3.8, 4) is 27.9 Å². The van der Waals surface area contributed by atoms with Crippen molar-refractivity contribution in [1.82, 2.24) is 4.57 Å². The lowest BCUT2D eigenvalue weighted by atomic mass is 9.65. The first-order valence-electron chi connectivity index (χ1n) is 13.7. The fourth-order valence-electron chi connectivity index (χ4n) is 6.30. The van der Waals surface area contributed by atoms with Gasteiger partial charge in [0.2, 0.25) is 0 Å². The van der Waals surface area contributed by atoms with E-state index in [1.54, 1.807) is 0 Å². The molecule has 0 aliphatic rings. The lowest BCUT2D eigenvalue weighted by molar-refractivity contribution is 1.19. The van der Waals surface area contributed by atoms with Crippen LogP contribution < -0.4 is 38.2 Å². The number of benzene rings is 5. The smallest absolute Gasteiger partial charge is 0.141 e. The Balaban J connectivity index is 1.85. The highest BCUT2D eigenvalue weighted by Crippen LogP contribution is 2.36. The highest BCUT2D eigenvalue weighted by Gasteiger charge is 2.24. The van der Waals surface area contributed by atoms with E-state index >= 15 is 0 Å². The maximum absolute atomic E-state index is 3.96. The zero-order valence-electron chi connectivity index (χ0n) is 23.8. The monoisotopic (exact) mass is 557 g/mol. The molecule has 0 saturated heterocycles. The highest BCUT2D eigenvalue weighted by atomic mass is 79.9. The van der Waals surface area contributed by atoms with Crippen LogP contribution in [0.5, 0.6) is 0 Å². The third-order valence-electron chi connectivity index (χ3n) is 8.97. The number of halogens is 1. The molecule has 9 heteroatoms. The van der Waals surface area contributed by atoms with Crippen LogP contribution in [-0.2, 0) is 0 Å². The second-order valence-corrected chi connectivity index (χ2v) is 11.7. The van der Waals surface area contributed by atoms with Gasteiger partial charge in [-0.2, -0.15) is 0 Å². The summed E-state index contributed by atoms with van der Waals surface area (Å²) in [5.41, 5.74) is 18.2. The van der Waals surface area contributed by atoms with E-state index in [1.165, 1.54) is 92.5 Å². The zero-order valence-corrected chi connectivity index (χ0v) is 25.4. The number of aromatic nitrogens is 1. The van der Waals surface area contributed by atoms with E-state index in [4.69, 9.17) is 0 Å². The topological polar surface area (TPSA) is 4.93 Å². The Morgan fingerprint density at radius 2 is 0.974 bits per heavy atom. The first kappa shape index (κ1) is 26.1. The summed E-state index contributed by atoms with van der Waals surface area (Å²) in [6.45, 7) is 0. The Kier molecular flexibility index (Phi) is 6.54. The number of hydrogen-bond donors (Lipinski definition) is 0. The number of hydrogen-bond acceptors (Lipinski definition) is 0. The van der Waals surface area contributed by atoms with E-state index in [0.29, 0.717) is 0 Å². The molecule has 0 fully saturated rings. The van der Waals surface area contributed by atoms with E-state index < -0.39 is 0 Å². The van der Waals surface area contributed by atoms with E-state index in [-0.39, 0.29) is 0 Å². The first-order valence-corrected chi connectivity index (χ1v) is 14.5. The van der Waals surface area contributed by atoms with Gasteiger partial charge in [-0.1, -0.05) is 115 Å². The fraction of sp³-hybridized carbons (Fsp3) is 0. The molecule has 0 N–H and O–H groups in total. The van der Waals surface area contributed by atoms with Gasteiger partial charge in [0.15, 0.2) is 0 Å². The number of fused-ring (bicyclic) bond motifs is 3. The van der Waals surface area contributed by atoms with Gasteiger partial charge in [0.1, 0.15) is 54.9 Å². The molecule has 0 bridgehead atoms. The molecule has 1 aromatic heterocycles. The largest absolute Gasteiger partial charge is 0.310 e. The van der Waals surface area contributed by atoms with Crippen molar-refractivity contribution in [3.63, 3.8) is 0 Å². The second-order valence-electron chi connectivity index (χ2n) is 10.9. The fourth-order valence-corrected chi connectivity index (χ4v) is 6.80. The molecule has 0 saturated carbocycles. The summed E-state index contributed by atoms with van der Waals surface area (Å²) in [6.07, 6.45) is 0. The molecule has 0 spiro atoms. The second kappa shape index (κ2) is 9.79. The van der Waals surface area contributed by atoms with E-state index in [1.807, 2.05) is 0 Å². The van der Waals surface area contributed by atoms with Crippen molar-refractivity contribution in [2.45, 2.75) is 0 Å². The summed E-state index contributed by atoms with van der Waals surface area (Å²) in [7, 11) is 15.9. The molecule has 0 amide bonds. The summed E-state index contributed by atoms with van der Waals surface area (Å²) in [4.78, 5) is 0. The van der Waals surface area contributed by atoms with Crippen molar-refractivity contribution in [2.75, 3.05) is 0 Å². The lowest BCUT2D eigenvalue weighted by Crippen LogP contribution is -2.48. The lowest BCUT2D eigenvalue weighted by Gasteiger charge is -2.20. The van der Waals surface area contributed by atoms with Crippen LogP contribution in [0, 0.1) is 0 Å². The Labute approximate surface area is 245 Å². The molecule has 1 heterocycles. The molecular formula is C30H27B7BrN. The van der Waals surface area contributed by atoms with Crippen molar-refractivity contribution in [3.05, 3.63) is 83.3 Å². The van der Waals surface area contributed by atoms with Gasteiger partial charge in [-0.05, 0) is 34.2 Å². The number of nitrogens with zero attached hydrogens (tertiary/aromatic N) is 1. The molecule has 0 unspecified atom stereocenters. The summed E-state index contributed by atoms with van der Waals surface area (Å²) in [5, 5.41) is 2.73. The van der Waals surface area contributed by atoms with E-state index in [9.17, 15) is 0 Å². The van der Waals surface area contributed by atoms with Gasteiger partial charge in [-0.3, -0.25) is 0 Å². The maximum atomic E-state index is 3.96. The van der Waals surface area contributed by atoms with Crippen LogP contribution >= 0.6 is 15.9 Å². The summed E-state index contributed by atoms with van der Waals surface area (Å²) >= 11 is 3.96. The van der Waals surface area contributed by atoms with Crippen molar-refractivity contribution in [2.24, 2.45) is 0 Å². The van der Waals surface area contributed by atoms with Crippen LogP contribution in [0.1, 0.15) is 0 Å². The van der Waals surface area contributed by atoms with Crippen LogP contribution in [0.15, 0.2) is 83.3 Å². The Bertz CT molecular complexity index is 1860. The minimum atomic E-state index is 1.21. The molecule has 0 aliphatic carbocycles. The minimum Gasteiger partial charge on any atom is -0.310 e. The van der Waals surface area contributed by atoms with Crippen LogP contribution in [0.4, 0.5) is 0 Å². The predicted octanol–water partition coefficient (Wildman–Crippen LogP) is -3.31. The molecule has 0 atom stereocenters. The van der Waals surface area contributed by atoms with Gasteiger partial charge >= 0.3 is 0 Å². The number of rotatable bonds is 3. The third-order valence-corrected chi connectivity index (χ3v) is 10.2. The highest BCUT2D eigenvalue weighted by molar-refractivity contribution is 9.10. The molecular weight excluding hydrogens is 530 g/mol. The summed E-state index contributed by atoms with van der Waals surface area (Å²) in [5.74, 6) is 0. The molecule has 6 aromatic rings. The van der Waals surface area contributed by atoms with Crippen LogP contribution in [0.2, 0.25) is 0 Å². The minimum absolute atomic E-state index is 1.21. The summed E-state index contributed by atoms with van der Waals surface area (Å²) in [6, 6.07) is 28.5. The van der Waals surface area contributed by atoms with Gasteiger partial charge in [0, 0.05) is 26.5 Å². The Morgan fingerprint density at radius 1 is 0.462 bits per heavy atom. The Hall–Kier alpha value is -3.17. The SMILES string of the molecule is Bc1c(B)c(B)c2c(c1B)c1c(B)c(Br)c(B)c(B)c1n2-c1ccc(-c2ccccc2)cc1-c1ccccc1. The van der Waals surface area contributed by atoms with Crippen LogP contribution in [0.25, 0.3) is 49.7 Å². The zero-order chi connectivity index (χ0) is 27.6. The van der Waals surface area contributed by atoms with Gasteiger partial charge in [0.05, 0.1) is 5.69 Å². The van der Waals surface area contributed by atoms with Crippen LogP contribution in [-0.4, -0.2) is 59.5 Å². The van der Waals surface area contributed by atoms with Gasteiger partial charge in [0.25, 0.3) is 0 Å². The quantitative estimate of drug-likeness (QED) is 0.201. The average molecular weight is 557 g/mol. The Morgan fingerprint density at radius 3 is 1.59 bits per heavy atom. The molecule has 1 nitrogen and oxygen atoms in total. The third kappa shape index (κ3) is 3.92. The van der Waals surface area contributed by atoms with E-state index in [0.717, 1.165) is 0 Å². The van der Waals surface area contributed by atoms with Crippen molar-refractivity contribution in [1.29, 1.82) is 0 Å². The van der Waals surface area contributed by atoms with E-state index in [2.05, 4.69) is 154 Å². The molecule has 0 aliphatic heterocycles. The normalized spacial score (nSPS) is 11.4. The van der Waals surface area contributed by atoms with Crippen molar-refractivity contribution >= 4 is 131 Å². The van der Waals surface area contributed by atoms with Gasteiger partial charge < -0.3 is 4.57 Å². The molecule has 0 radical (unpaired) electrons. The molecule has 5 aromatic carbocycles. The van der Waals surface area contributed by atoms with Gasteiger partial charge in [-0.25, -0.2) is 0 Å². The van der Waals surface area contributed by atoms with Gasteiger partial charge in [-0.15, -0.1) is 5.46 Å².